The molecule has 1 atom stereocenters. The number of halogens is 1. The van der Waals surface area contributed by atoms with Crippen LogP contribution in [0.2, 0.25) is 0 Å². The number of carbonyl (C=O) groups excluding carboxylic acids is 2. The molecule has 25 heavy (non-hydrogen) atoms. The Balaban J connectivity index is 1.81. The molecule has 0 bridgehead atoms. The third-order valence-corrected chi connectivity index (χ3v) is 4.37. The molecule has 2 aromatic rings. The number of urea groups is 1. The van der Waals surface area contributed by atoms with E-state index in [-0.39, 0.29) is 17.6 Å². The van der Waals surface area contributed by atoms with Crippen molar-refractivity contribution in [1.82, 2.24) is 4.90 Å². The Hall–Kier alpha value is -2.83. The highest BCUT2D eigenvalue weighted by atomic mass is 19.1. The first-order chi connectivity index (χ1) is 12.1. The van der Waals surface area contributed by atoms with Crippen LogP contribution in [0.5, 0.6) is 0 Å². The van der Waals surface area contributed by atoms with Crippen molar-refractivity contribution in [1.29, 1.82) is 0 Å². The van der Waals surface area contributed by atoms with Crippen LogP contribution >= 0.6 is 0 Å². The summed E-state index contributed by atoms with van der Waals surface area (Å²) in [4.78, 5) is 25.7. The number of likely N-dealkylation sites (tertiary alicyclic amines) is 1. The van der Waals surface area contributed by atoms with Crippen molar-refractivity contribution in [2.24, 2.45) is 5.73 Å². The van der Waals surface area contributed by atoms with Gasteiger partial charge >= 0.3 is 6.03 Å². The van der Waals surface area contributed by atoms with Crippen LogP contribution in [-0.2, 0) is 0 Å². The lowest BCUT2D eigenvalue weighted by molar-refractivity contribution is 0.0996. The number of nitrogens with two attached hydrogens (primary N) is 1. The summed E-state index contributed by atoms with van der Waals surface area (Å²) in [5.74, 6) is -0.848. The monoisotopic (exact) mass is 345 g/mol. The smallest absolute Gasteiger partial charge is 0.322 e. The minimum Gasteiger partial charge on any atom is -0.467 e. The largest absolute Gasteiger partial charge is 0.467 e. The van der Waals surface area contributed by atoms with Crippen molar-refractivity contribution in [2.45, 2.75) is 31.7 Å². The molecule has 0 saturated carbocycles. The normalized spacial score (nSPS) is 17.8. The second kappa shape index (κ2) is 7.38. The predicted octanol–water partition coefficient (Wildman–Crippen LogP) is 3.67. The highest BCUT2D eigenvalue weighted by Gasteiger charge is 2.28. The van der Waals surface area contributed by atoms with Crippen molar-refractivity contribution in [3.8, 4) is 0 Å². The fourth-order valence-corrected chi connectivity index (χ4v) is 3.12. The van der Waals surface area contributed by atoms with Gasteiger partial charge in [0.1, 0.15) is 11.6 Å². The van der Waals surface area contributed by atoms with E-state index in [1.165, 1.54) is 12.1 Å². The molecule has 3 amide bonds. The molecule has 6 nitrogen and oxygen atoms in total. The van der Waals surface area contributed by atoms with Crippen LogP contribution in [-0.4, -0.2) is 23.4 Å². The van der Waals surface area contributed by atoms with E-state index in [0.717, 1.165) is 37.5 Å². The number of rotatable bonds is 3. The van der Waals surface area contributed by atoms with E-state index in [4.69, 9.17) is 10.2 Å². The van der Waals surface area contributed by atoms with Crippen LogP contribution in [0.3, 0.4) is 0 Å². The molecule has 1 aromatic carbocycles. The Kier molecular flexibility index (Phi) is 5.02. The second-order valence-corrected chi connectivity index (χ2v) is 6.06. The molecule has 3 N–H and O–H groups in total. The Bertz CT molecular complexity index is 761. The zero-order valence-electron chi connectivity index (χ0n) is 13.7. The van der Waals surface area contributed by atoms with Gasteiger partial charge in [0.05, 0.1) is 17.9 Å². The van der Waals surface area contributed by atoms with E-state index in [9.17, 15) is 14.0 Å². The summed E-state index contributed by atoms with van der Waals surface area (Å²) in [6, 6.07) is 6.96. The summed E-state index contributed by atoms with van der Waals surface area (Å²) < 4.78 is 19.1. The molecule has 1 aromatic heterocycles. The zero-order valence-corrected chi connectivity index (χ0v) is 13.7. The predicted molar refractivity (Wildman–Crippen MR) is 90.6 cm³/mol. The molecular formula is C18H20FN3O3. The summed E-state index contributed by atoms with van der Waals surface area (Å²) in [6.45, 7) is 0.598. The summed E-state index contributed by atoms with van der Waals surface area (Å²) in [6.07, 6.45) is 5.37. The van der Waals surface area contributed by atoms with Crippen molar-refractivity contribution < 1.29 is 18.4 Å². The summed E-state index contributed by atoms with van der Waals surface area (Å²) in [5, 5.41) is 2.72. The second-order valence-electron chi connectivity index (χ2n) is 6.06. The van der Waals surface area contributed by atoms with Gasteiger partial charge in [0.15, 0.2) is 0 Å². The van der Waals surface area contributed by atoms with Gasteiger partial charge in [0.2, 0.25) is 0 Å². The number of anilines is 1. The fraction of sp³-hybridized carbons (Fsp3) is 0.333. The van der Waals surface area contributed by atoms with E-state index < -0.39 is 11.7 Å². The molecule has 7 heteroatoms. The average molecular weight is 345 g/mol. The van der Waals surface area contributed by atoms with Gasteiger partial charge in [-0.3, -0.25) is 4.79 Å². The number of primary amides is 1. The van der Waals surface area contributed by atoms with Crippen LogP contribution < -0.4 is 11.1 Å². The maximum absolute atomic E-state index is 13.6. The average Bonchev–Trinajstić information content (AvgIpc) is 3.00. The van der Waals surface area contributed by atoms with Gasteiger partial charge in [-0.25, -0.2) is 9.18 Å². The van der Waals surface area contributed by atoms with Gasteiger partial charge in [0, 0.05) is 12.2 Å². The highest BCUT2D eigenvalue weighted by Crippen LogP contribution is 2.31. The van der Waals surface area contributed by atoms with E-state index in [1.807, 2.05) is 6.07 Å². The van der Waals surface area contributed by atoms with Crippen LogP contribution in [0.15, 0.2) is 41.0 Å². The van der Waals surface area contributed by atoms with Gasteiger partial charge in [0.25, 0.3) is 5.91 Å². The van der Waals surface area contributed by atoms with E-state index in [0.29, 0.717) is 12.2 Å². The molecule has 0 radical (unpaired) electrons. The SMILES string of the molecule is NC(=O)c1cc(NC(=O)N2CCCCC[C@H]2c2ccco2)ccc1F. The van der Waals surface area contributed by atoms with E-state index >= 15 is 0 Å². The molecule has 0 aliphatic carbocycles. The maximum Gasteiger partial charge on any atom is 0.322 e. The molecule has 0 spiro atoms. The minimum absolute atomic E-state index is 0.145. The van der Waals surface area contributed by atoms with Crippen LogP contribution in [0, 0.1) is 5.82 Å². The number of hydrogen-bond acceptors (Lipinski definition) is 3. The van der Waals surface area contributed by atoms with Gasteiger partial charge in [-0.15, -0.1) is 0 Å². The van der Waals surface area contributed by atoms with Crippen LogP contribution in [0.25, 0.3) is 0 Å². The molecule has 2 heterocycles. The lowest BCUT2D eigenvalue weighted by atomic mass is 10.1. The van der Waals surface area contributed by atoms with Crippen molar-refractivity contribution in [3.63, 3.8) is 0 Å². The molecule has 1 saturated heterocycles. The number of nitrogens with zero attached hydrogens (tertiary/aromatic N) is 1. The first kappa shape index (κ1) is 17.0. The number of furan rings is 1. The minimum atomic E-state index is -0.878. The molecule has 1 aliphatic rings. The lowest BCUT2D eigenvalue weighted by Gasteiger charge is -2.28. The Morgan fingerprint density at radius 2 is 2.08 bits per heavy atom. The standard InChI is InChI=1S/C18H20FN3O3/c19-14-8-7-12(11-13(14)17(20)23)21-18(24)22-9-3-1-2-5-15(22)16-6-4-10-25-16/h4,6-8,10-11,15H,1-3,5,9H2,(H2,20,23)(H,21,24)/t15-/m0/s1. The zero-order chi connectivity index (χ0) is 17.8. The first-order valence-corrected chi connectivity index (χ1v) is 8.26. The number of amides is 3. The topological polar surface area (TPSA) is 88.6 Å². The number of carbonyl (C=O) groups is 2. The summed E-state index contributed by atoms with van der Waals surface area (Å²) in [5.41, 5.74) is 5.22. The fourth-order valence-electron chi connectivity index (χ4n) is 3.12. The number of nitrogens with one attached hydrogen (secondary N) is 1. The van der Waals surface area contributed by atoms with Crippen molar-refractivity contribution in [2.75, 3.05) is 11.9 Å². The highest BCUT2D eigenvalue weighted by molar-refractivity contribution is 5.96. The summed E-state index contributed by atoms with van der Waals surface area (Å²) >= 11 is 0. The van der Waals surface area contributed by atoms with E-state index in [2.05, 4.69) is 5.32 Å². The van der Waals surface area contributed by atoms with Gasteiger partial charge < -0.3 is 20.4 Å². The summed E-state index contributed by atoms with van der Waals surface area (Å²) in [7, 11) is 0. The molecule has 0 unspecified atom stereocenters. The Labute approximate surface area is 144 Å². The van der Waals surface area contributed by atoms with Gasteiger partial charge in [-0.2, -0.15) is 0 Å². The molecule has 1 aliphatic heterocycles. The number of benzene rings is 1. The lowest BCUT2D eigenvalue weighted by Crippen LogP contribution is -2.38. The Morgan fingerprint density at radius 3 is 2.80 bits per heavy atom. The van der Waals surface area contributed by atoms with Gasteiger partial charge in [-0.05, 0) is 43.2 Å². The van der Waals surface area contributed by atoms with Crippen molar-refractivity contribution >= 4 is 17.6 Å². The quantitative estimate of drug-likeness (QED) is 0.889. The third-order valence-electron chi connectivity index (χ3n) is 4.37. The van der Waals surface area contributed by atoms with E-state index in [1.54, 1.807) is 17.2 Å². The van der Waals surface area contributed by atoms with Gasteiger partial charge in [-0.1, -0.05) is 12.8 Å². The first-order valence-electron chi connectivity index (χ1n) is 8.26. The van der Waals surface area contributed by atoms with Crippen LogP contribution in [0.4, 0.5) is 14.9 Å². The molecular weight excluding hydrogens is 325 g/mol. The molecule has 1 fully saturated rings. The Morgan fingerprint density at radius 1 is 1.24 bits per heavy atom. The number of hydrogen-bond donors (Lipinski definition) is 2. The molecule has 132 valence electrons. The maximum atomic E-state index is 13.6. The molecule has 3 rings (SSSR count). The van der Waals surface area contributed by atoms with Crippen molar-refractivity contribution in [3.05, 3.63) is 53.7 Å². The van der Waals surface area contributed by atoms with Crippen LogP contribution in [0.1, 0.15) is 47.8 Å². The third kappa shape index (κ3) is 3.81.